The number of ketones is 1. The van der Waals surface area contributed by atoms with Gasteiger partial charge in [0.1, 0.15) is 0 Å². The highest BCUT2D eigenvalue weighted by Crippen LogP contribution is 2.31. The van der Waals surface area contributed by atoms with Crippen LogP contribution in [0.25, 0.3) is 10.1 Å². The van der Waals surface area contributed by atoms with Gasteiger partial charge in [0.15, 0.2) is 6.61 Å². The lowest BCUT2D eigenvalue weighted by atomic mass is 9.86. The van der Waals surface area contributed by atoms with E-state index in [1.165, 1.54) is 11.3 Å². The van der Waals surface area contributed by atoms with Gasteiger partial charge in [-0.05, 0) is 49.6 Å². The maximum atomic E-state index is 12.5. The average Bonchev–Trinajstić information content (AvgIpc) is 2.97. The summed E-state index contributed by atoms with van der Waals surface area (Å²) in [7, 11) is 0. The molecule has 1 aromatic heterocycles. The number of benzene rings is 1. The normalized spacial score (nSPS) is 19.9. The first-order chi connectivity index (χ1) is 12.5. The number of hydrogen-bond acceptors (Lipinski definition) is 5. The third-order valence-electron chi connectivity index (χ3n) is 4.85. The fraction of sp³-hybridized carbons (Fsp3) is 0.421. The maximum Gasteiger partial charge on any atom is 0.312 e. The Kier molecular flexibility index (Phi) is 5.56. The van der Waals surface area contributed by atoms with Crippen molar-refractivity contribution < 1.29 is 19.1 Å². The lowest BCUT2D eigenvalue weighted by molar-refractivity contribution is -0.148. The van der Waals surface area contributed by atoms with E-state index in [1.807, 2.05) is 31.2 Å². The van der Waals surface area contributed by atoms with E-state index in [0.29, 0.717) is 30.6 Å². The summed E-state index contributed by atoms with van der Waals surface area (Å²) in [5.74, 6) is -0.729. The number of nitrogens with two attached hydrogens (primary N) is 1. The number of rotatable bonds is 5. The van der Waals surface area contributed by atoms with E-state index in [4.69, 9.17) is 10.5 Å². The van der Waals surface area contributed by atoms with Crippen LogP contribution in [0.4, 0.5) is 4.79 Å². The van der Waals surface area contributed by atoms with Crippen molar-refractivity contribution in [1.82, 2.24) is 5.32 Å². The van der Waals surface area contributed by atoms with Crippen LogP contribution < -0.4 is 11.1 Å². The van der Waals surface area contributed by atoms with Crippen molar-refractivity contribution in [2.24, 2.45) is 11.7 Å². The number of carbonyl (C=O) groups excluding carboxylic acids is 3. The van der Waals surface area contributed by atoms with E-state index in [2.05, 4.69) is 5.32 Å². The van der Waals surface area contributed by atoms with Crippen LogP contribution >= 0.6 is 11.3 Å². The molecule has 2 aromatic rings. The molecule has 0 radical (unpaired) electrons. The first kappa shape index (κ1) is 18.4. The van der Waals surface area contributed by atoms with E-state index < -0.39 is 6.03 Å². The second-order valence-corrected chi connectivity index (χ2v) is 7.69. The molecule has 1 heterocycles. The minimum atomic E-state index is -0.541. The second-order valence-electron chi connectivity index (χ2n) is 6.64. The molecule has 1 aromatic carbocycles. The van der Waals surface area contributed by atoms with Crippen molar-refractivity contribution in [3.8, 4) is 0 Å². The van der Waals surface area contributed by atoms with Crippen molar-refractivity contribution in [2.75, 3.05) is 6.61 Å². The van der Waals surface area contributed by atoms with Crippen molar-refractivity contribution >= 4 is 39.2 Å². The molecule has 0 bridgehead atoms. The molecule has 1 aliphatic carbocycles. The minimum Gasteiger partial charge on any atom is -0.457 e. The Balaban J connectivity index is 1.53. The van der Waals surface area contributed by atoms with Gasteiger partial charge in [-0.2, -0.15) is 0 Å². The average molecular weight is 374 g/mol. The minimum absolute atomic E-state index is 0.0133. The molecule has 0 saturated heterocycles. The topological polar surface area (TPSA) is 98.5 Å². The van der Waals surface area contributed by atoms with Gasteiger partial charge in [0, 0.05) is 10.7 Å². The summed E-state index contributed by atoms with van der Waals surface area (Å²) < 4.78 is 6.33. The molecule has 3 N–H and O–H groups in total. The molecule has 6 nitrogen and oxygen atoms in total. The monoisotopic (exact) mass is 374 g/mol. The van der Waals surface area contributed by atoms with Crippen LogP contribution in [0.5, 0.6) is 0 Å². The SMILES string of the molecule is Cc1c(C(=O)COC(=O)C2CCC(NC(N)=O)CC2)sc2ccccc12. The Labute approximate surface area is 155 Å². The molecule has 3 rings (SSSR count). The van der Waals surface area contributed by atoms with E-state index in [1.54, 1.807) is 0 Å². The van der Waals surface area contributed by atoms with Crippen LogP contribution in [-0.4, -0.2) is 30.4 Å². The van der Waals surface area contributed by atoms with Gasteiger partial charge in [-0.15, -0.1) is 11.3 Å². The van der Waals surface area contributed by atoms with Crippen LogP contribution in [-0.2, 0) is 9.53 Å². The first-order valence-corrected chi connectivity index (χ1v) is 9.51. The van der Waals surface area contributed by atoms with Crippen LogP contribution in [0, 0.1) is 12.8 Å². The Bertz CT molecular complexity index is 837. The fourth-order valence-electron chi connectivity index (χ4n) is 3.44. The predicted octanol–water partition coefficient (Wildman–Crippen LogP) is 3.16. The molecule has 0 unspecified atom stereocenters. The van der Waals surface area contributed by atoms with Crippen LogP contribution in [0.2, 0.25) is 0 Å². The summed E-state index contributed by atoms with van der Waals surface area (Å²) in [4.78, 5) is 36.2. The number of Topliss-reactive ketones (excluding diaryl/α,β-unsaturated/α-hetero) is 1. The van der Waals surface area contributed by atoms with E-state index >= 15 is 0 Å². The number of aryl methyl sites for hydroxylation is 1. The van der Waals surface area contributed by atoms with Gasteiger partial charge in [0.2, 0.25) is 5.78 Å². The van der Waals surface area contributed by atoms with Crippen LogP contribution in [0.3, 0.4) is 0 Å². The standard InChI is InChI=1S/C19H22N2O4S/c1-11-14-4-2-3-5-16(14)26-17(11)15(22)10-25-18(23)12-6-8-13(9-7-12)21-19(20)24/h2-5,12-13H,6-10H2,1H3,(H3,20,21,24). The number of ether oxygens (including phenoxy) is 1. The Morgan fingerprint density at radius 1 is 1.19 bits per heavy atom. The molecule has 1 fully saturated rings. The fourth-order valence-corrected chi connectivity index (χ4v) is 4.57. The van der Waals surface area contributed by atoms with E-state index in [0.717, 1.165) is 15.6 Å². The quantitative estimate of drug-likeness (QED) is 0.620. The van der Waals surface area contributed by atoms with Crippen molar-refractivity contribution in [2.45, 2.75) is 38.6 Å². The number of thiophene rings is 1. The predicted molar refractivity (Wildman–Crippen MR) is 100 cm³/mol. The number of carbonyl (C=O) groups is 3. The summed E-state index contributed by atoms with van der Waals surface area (Å²) in [6.45, 7) is 1.69. The molecule has 0 aliphatic heterocycles. The smallest absolute Gasteiger partial charge is 0.312 e. The number of primary amides is 1. The highest BCUT2D eigenvalue weighted by Gasteiger charge is 2.28. The summed E-state index contributed by atoms with van der Waals surface area (Å²) in [5, 5.41) is 3.73. The zero-order chi connectivity index (χ0) is 18.7. The number of urea groups is 1. The number of esters is 1. The number of amides is 2. The molecule has 0 spiro atoms. The van der Waals surface area contributed by atoms with Crippen molar-refractivity contribution in [3.05, 3.63) is 34.7 Å². The Morgan fingerprint density at radius 3 is 2.54 bits per heavy atom. The Morgan fingerprint density at radius 2 is 1.88 bits per heavy atom. The highest BCUT2D eigenvalue weighted by molar-refractivity contribution is 7.21. The highest BCUT2D eigenvalue weighted by atomic mass is 32.1. The summed E-state index contributed by atoms with van der Waals surface area (Å²) in [6, 6.07) is 7.33. The largest absolute Gasteiger partial charge is 0.457 e. The maximum absolute atomic E-state index is 12.5. The molecule has 1 saturated carbocycles. The van der Waals surface area contributed by atoms with Crippen LogP contribution in [0.15, 0.2) is 24.3 Å². The lowest BCUT2D eigenvalue weighted by Gasteiger charge is -2.27. The number of nitrogens with one attached hydrogen (secondary N) is 1. The van der Waals surface area contributed by atoms with Gasteiger partial charge < -0.3 is 15.8 Å². The molecular weight excluding hydrogens is 352 g/mol. The van der Waals surface area contributed by atoms with Crippen LogP contribution in [0.1, 0.15) is 40.9 Å². The molecule has 2 amide bonds. The van der Waals surface area contributed by atoms with Crippen molar-refractivity contribution in [1.29, 1.82) is 0 Å². The molecular formula is C19H22N2O4S. The summed E-state index contributed by atoms with van der Waals surface area (Å²) >= 11 is 1.43. The van der Waals surface area contributed by atoms with Gasteiger partial charge in [0.05, 0.1) is 10.8 Å². The third kappa shape index (κ3) is 4.04. The zero-order valence-electron chi connectivity index (χ0n) is 14.6. The lowest BCUT2D eigenvalue weighted by Crippen LogP contribution is -2.41. The molecule has 7 heteroatoms. The van der Waals surface area contributed by atoms with Gasteiger partial charge in [-0.1, -0.05) is 18.2 Å². The third-order valence-corrected chi connectivity index (χ3v) is 6.16. The van der Waals surface area contributed by atoms with Crippen molar-refractivity contribution in [3.63, 3.8) is 0 Å². The molecule has 138 valence electrons. The Hall–Kier alpha value is -2.41. The van der Waals surface area contributed by atoms with E-state index in [-0.39, 0.29) is 30.3 Å². The van der Waals surface area contributed by atoms with Gasteiger partial charge >= 0.3 is 12.0 Å². The van der Waals surface area contributed by atoms with E-state index in [9.17, 15) is 14.4 Å². The molecule has 0 atom stereocenters. The van der Waals surface area contributed by atoms with Gasteiger partial charge in [-0.3, -0.25) is 9.59 Å². The summed E-state index contributed by atoms with van der Waals surface area (Å²) in [6.07, 6.45) is 2.62. The number of hydrogen-bond donors (Lipinski definition) is 2. The first-order valence-electron chi connectivity index (χ1n) is 8.69. The summed E-state index contributed by atoms with van der Waals surface area (Å²) in [5.41, 5.74) is 6.05. The second kappa shape index (κ2) is 7.86. The molecule has 1 aliphatic rings. The number of fused-ring (bicyclic) bond motifs is 1. The zero-order valence-corrected chi connectivity index (χ0v) is 15.4. The molecule has 26 heavy (non-hydrogen) atoms. The van der Waals surface area contributed by atoms with Gasteiger partial charge in [0.25, 0.3) is 0 Å². The van der Waals surface area contributed by atoms with Gasteiger partial charge in [-0.25, -0.2) is 4.79 Å².